The van der Waals surface area contributed by atoms with Crippen LogP contribution in [0.4, 0.5) is 0 Å². The summed E-state index contributed by atoms with van der Waals surface area (Å²) >= 11 is 0. The number of nitrogens with zero attached hydrogens (tertiary/aromatic N) is 2. The summed E-state index contributed by atoms with van der Waals surface area (Å²) in [6.07, 6.45) is 0.535. The van der Waals surface area contributed by atoms with Gasteiger partial charge in [0.25, 0.3) is 0 Å². The second-order valence-corrected chi connectivity index (χ2v) is 4.90. The summed E-state index contributed by atoms with van der Waals surface area (Å²) in [6, 6.07) is 4.66. The number of carbonyl (C=O) groups is 1. The normalized spacial score (nSPS) is 12.0. The summed E-state index contributed by atoms with van der Waals surface area (Å²) < 4.78 is 1.79. The molecule has 0 atom stereocenters. The van der Waals surface area contributed by atoms with Gasteiger partial charge in [0.2, 0.25) is 0 Å². The number of carboxylic acids is 1. The fraction of sp³-hybridized carbons (Fsp3) is 0.429. The maximum absolute atomic E-state index is 11.0. The second-order valence-electron chi connectivity index (χ2n) is 4.90. The molecule has 0 aliphatic heterocycles. The van der Waals surface area contributed by atoms with Crippen LogP contribution in [0.1, 0.15) is 29.5 Å². The molecule has 1 heterocycles. The van der Waals surface area contributed by atoms with Crippen LogP contribution in [0.2, 0.25) is 0 Å². The van der Waals surface area contributed by atoms with Gasteiger partial charge < -0.3 is 19.9 Å². The Morgan fingerprint density at radius 3 is 2.50 bits per heavy atom. The summed E-state index contributed by atoms with van der Waals surface area (Å²) in [5.74, 6) is -0.377. The van der Waals surface area contributed by atoms with Crippen LogP contribution in [0.15, 0.2) is 18.2 Å². The molecule has 0 amide bonds. The lowest BCUT2D eigenvalue weighted by Gasteiger charge is -2.32. The van der Waals surface area contributed by atoms with E-state index >= 15 is 0 Å². The van der Waals surface area contributed by atoms with Crippen molar-refractivity contribution in [1.29, 1.82) is 0 Å². The Balaban J connectivity index is 2.71. The van der Waals surface area contributed by atoms with Crippen molar-refractivity contribution in [3.05, 3.63) is 29.6 Å². The molecular weight excluding hydrogens is 260 g/mol. The van der Waals surface area contributed by atoms with Gasteiger partial charge in [0.1, 0.15) is 5.82 Å². The molecule has 3 N–H and O–H groups in total. The topological polar surface area (TPSA) is 95.6 Å². The predicted molar refractivity (Wildman–Crippen MR) is 73.9 cm³/mol. The number of aryl methyl sites for hydroxylation is 1. The van der Waals surface area contributed by atoms with Crippen molar-refractivity contribution in [3.8, 4) is 0 Å². The molecule has 0 aliphatic carbocycles. The fourth-order valence-electron chi connectivity index (χ4n) is 2.51. The summed E-state index contributed by atoms with van der Waals surface area (Å²) in [5, 5.41) is 28.3. The lowest BCUT2D eigenvalue weighted by molar-refractivity contribution is 0.0613. The Hall–Kier alpha value is -1.92. The van der Waals surface area contributed by atoms with Crippen LogP contribution in [0.25, 0.3) is 11.0 Å². The van der Waals surface area contributed by atoms with Crippen molar-refractivity contribution >= 4 is 17.0 Å². The van der Waals surface area contributed by atoms with Crippen LogP contribution in [0.3, 0.4) is 0 Å². The van der Waals surface area contributed by atoms with E-state index in [2.05, 4.69) is 4.98 Å². The van der Waals surface area contributed by atoms with E-state index in [1.54, 1.807) is 17.6 Å². The smallest absolute Gasteiger partial charge is 0.335 e. The molecule has 0 spiro atoms. The summed E-state index contributed by atoms with van der Waals surface area (Å²) in [7, 11) is 0. The standard InChI is InChI=1S/C14H18N2O4/c1-3-14(7-17,8-18)16-9(2)15-11-6-10(13(19)20)4-5-12(11)16/h4-6,17-18H,3,7-8H2,1-2H3,(H,19,20). The van der Waals surface area contributed by atoms with Crippen LogP contribution >= 0.6 is 0 Å². The van der Waals surface area contributed by atoms with Crippen LogP contribution in [-0.2, 0) is 5.54 Å². The molecule has 1 aromatic carbocycles. The first kappa shape index (κ1) is 14.5. The number of aromatic carboxylic acids is 1. The van der Waals surface area contributed by atoms with Crippen molar-refractivity contribution in [2.24, 2.45) is 0 Å². The highest BCUT2D eigenvalue weighted by Gasteiger charge is 2.32. The van der Waals surface area contributed by atoms with Gasteiger partial charge in [-0.3, -0.25) is 0 Å². The number of rotatable bonds is 5. The second kappa shape index (κ2) is 5.22. The third-order valence-corrected chi connectivity index (χ3v) is 3.79. The highest BCUT2D eigenvalue weighted by atomic mass is 16.4. The Morgan fingerprint density at radius 1 is 1.35 bits per heavy atom. The number of benzene rings is 1. The van der Waals surface area contributed by atoms with E-state index in [1.807, 2.05) is 6.92 Å². The van der Waals surface area contributed by atoms with Gasteiger partial charge in [0.05, 0.1) is 35.3 Å². The first-order valence-corrected chi connectivity index (χ1v) is 6.43. The predicted octanol–water partition coefficient (Wildman–Crippen LogP) is 1.13. The number of hydrogen-bond donors (Lipinski definition) is 3. The van der Waals surface area contributed by atoms with E-state index in [1.165, 1.54) is 12.1 Å². The van der Waals surface area contributed by atoms with Gasteiger partial charge in [-0.2, -0.15) is 0 Å². The first-order chi connectivity index (χ1) is 9.49. The third kappa shape index (κ3) is 2.07. The van der Waals surface area contributed by atoms with E-state index < -0.39 is 11.5 Å². The lowest BCUT2D eigenvalue weighted by Crippen LogP contribution is -2.41. The zero-order valence-corrected chi connectivity index (χ0v) is 11.5. The minimum Gasteiger partial charge on any atom is -0.478 e. The van der Waals surface area contributed by atoms with Gasteiger partial charge in [0, 0.05) is 0 Å². The molecule has 0 radical (unpaired) electrons. The lowest BCUT2D eigenvalue weighted by atomic mass is 9.97. The SMILES string of the molecule is CCC(CO)(CO)n1c(C)nc2cc(C(=O)O)ccc21. The molecule has 0 saturated carbocycles. The third-order valence-electron chi connectivity index (χ3n) is 3.79. The van der Waals surface area contributed by atoms with Gasteiger partial charge in [-0.25, -0.2) is 9.78 Å². The Kier molecular flexibility index (Phi) is 3.78. The average Bonchev–Trinajstić information content (AvgIpc) is 2.78. The van der Waals surface area contributed by atoms with Crippen LogP contribution in [0.5, 0.6) is 0 Å². The quantitative estimate of drug-likeness (QED) is 0.762. The molecular formula is C14H18N2O4. The largest absolute Gasteiger partial charge is 0.478 e. The number of carboxylic acid groups (broad SMARTS) is 1. The van der Waals surface area contributed by atoms with Crippen LogP contribution < -0.4 is 0 Å². The molecule has 6 nitrogen and oxygen atoms in total. The number of aromatic nitrogens is 2. The van der Waals surface area contributed by atoms with Gasteiger partial charge in [-0.1, -0.05) is 6.92 Å². The van der Waals surface area contributed by atoms with Crippen molar-refractivity contribution in [2.75, 3.05) is 13.2 Å². The average molecular weight is 278 g/mol. The van der Waals surface area contributed by atoms with Gasteiger partial charge >= 0.3 is 5.97 Å². The van der Waals surface area contributed by atoms with Crippen molar-refractivity contribution in [3.63, 3.8) is 0 Å². The van der Waals surface area contributed by atoms with Crippen LogP contribution in [-0.4, -0.2) is 44.1 Å². The molecule has 2 rings (SSSR count). The molecule has 0 bridgehead atoms. The number of fused-ring (bicyclic) bond motifs is 1. The Morgan fingerprint density at radius 2 is 2.00 bits per heavy atom. The minimum absolute atomic E-state index is 0.164. The van der Waals surface area contributed by atoms with E-state index in [4.69, 9.17) is 5.11 Å². The maximum Gasteiger partial charge on any atom is 0.335 e. The van der Waals surface area contributed by atoms with Gasteiger partial charge in [-0.15, -0.1) is 0 Å². The maximum atomic E-state index is 11.0. The highest BCUT2D eigenvalue weighted by molar-refractivity contribution is 5.92. The van der Waals surface area contributed by atoms with Gasteiger partial charge in [0.15, 0.2) is 0 Å². The highest BCUT2D eigenvalue weighted by Crippen LogP contribution is 2.28. The molecule has 20 heavy (non-hydrogen) atoms. The van der Waals surface area contributed by atoms with Crippen molar-refractivity contribution in [1.82, 2.24) is 9.55 Å². The van der Waals surface area contributed by atoms with Gasteiger partial charge in [-0.05, 0) is 31.5 Å². The zero-order chi connectivity index (χ0) is 14.9. The molecule has 6 heteroatoms. The molecule has 0 fully saturated rings. The number of aliphatic hydroxyl groups is 2. The fourth-order valence-corrected chi connectivity index (χ4v) is 2.51. The summed E-state index contributed by atoms with van der Waals surface area (Å²) in [4.78, 5) is 15.3. The van der Waals surface area contributed by atoms with Crippen molar-refractivity contribution in [2.45, 2.75) is 25.8 Å². The Labute approximate surface area is 116 Å². The number of aliphatic hydroxyl groups excluding tert-OH is 2. The molecule has 0 aliphatic rings. The summed E-state index contributed by atoms with van der Waals surface area (Å²) in [6.45, 7) is 3.22. The van der Waals surface area contributed by atoms with E-state index in [0.29, 0.717) is 23.3 Å². The van der Waals surface area contributed by atoms with Crippen molar-refractivity contribution < 1.29 is 20.1 Å². The van der Waals surface area contributed by atoms with E-state index in [9.17, 15) is 15.0 Å². The molecule has 0 saturated heterocycles. The molecule has 2 aromatic rings. The summed E-state index contributed by atoms with van der Waals surface area (Å²) in [5.41, 5.74) is 0.584. The minimum atomic E-state index is -1.01. The first-order valence-electron chi connectivity index (χ1n) is 6.43. The monoisotopic (exact) mass is 278 g/mol. The molecule has 1 aromatic heterocycles. The number of hydrogen-bond acceptors (Lipinski definition) is 4. The molecule has 0 unspecified atom stereocenters. The van der Waals surface area contributed by atoms with E-state index in [-0.39, 0.29) is 18.8 Å². The van der Waals surface area contributed by atoms with E-state index in [0.717, 1.165) is 0 Å². The van der Waals surface area contributed by atoms with Crippen LogP contribution in [0, 0.1) is 6.92 Å². The molecule has 108 valence electrons. The zero-order valence-electron chi connectivity index (χ0n) is 11.5. The number of imidazole rings is 1. The Bertz CT molecular complexity index is 636.